The van der Waals surface area contributed by atoms with Crippen LogP contribution in [-0.2, 0) is 4.79 Å². The Kier molecular flexibility index (Phi) is 6.08. The summed E-state index contributed by atoms with van der Waals surface area (Å²) in [6.07, 6.45) is 1.33. The molecular formula is C11H14ClIN2O. The first-order chi connectivity index (χ1) is 7.63. The van der Waals surface area contributed by atoms with Crippen LogP contribution in [0.3, 0.4) is 0 Å². The van der Waals surface area contributed by atoms with Crippen LogP contribution < -0.4 is 10.6 Å². The fraction of sp³-hybridized carbons (Fsp3) is 0.364. The van der Waals surface area contributed by atoms with E-state index >= 15 is 0 Å². The molecule has 0 aliphatic carbocycles. The third-order valence-corrected chi connectivity index (χ3v) is 3.02. The molecule has 0 aliphatic heterocycles. The second kappa shape index (κ2) is 7.09. The van der Waals surface area contributed by atoms with Gasteiger partial charge in [0.25, 0.3) is 0 Å². The van der Waals surface area contributed by atoms with E-state index in [4.69, 9.17) is 11.6 Å². The lowest BCUT2D eigenvalue weighted by molar-refractivity contribution is -0.116. The highest BCUT2D eigenvalue weighted by Gasteiger charge is 2.05. The number of rotatable bonds is 5. The van der Waals surface area contributed by atoms with Crippen LogP contribution in [0.2, 0.25) is 5.02 Å². The van der Waals surface area contributed by atoms with E-state index in [-0.39, 0.29) is 5.91 Å². The molecule has 0 fully saturated rings. The summed E-state index contributed by atoms with van der Waals surface area (Å²) >= 11 is 8.18. The van der Waals surface area contributed by atoms with Crippen LogP contribution in [-0.4, -0.2) is 19.5 Å². The Labute approximate surface area is 114 Å². The lowest BCUT2D eigenvalue weighted by Gasteiger charge is -2.07. The molecule has 0 aromatic heterocycles. The number of hydrogen-bond acceptors (Lipinski definition) is 2. The minimum Gasteiger partial charge on any atom is -0.325 e. The Morgan fingerprint density at radius 2 is 2.25 bits per heavy atom. The number of carbonyl (C=O) groups excluding carboxylic acids is 1. The van der Waals surface area contributed by atoms with E-state index in [2.05, 4.69) is 33.2 Å². The van der Waals surface area contributed by atoms with Gasteiger partial charge in [-0.3, -0.25) is 4.79 Å². The number of amides is 1. The highest BCUT2D eigenvalue weighted by molar-refractivity contribution is 14.1. The van der Waals surface area contributed by atoms with Crippen molar-refractivity contribution >= 4 is 45.8 Å². The molecule has 5 heteroatoms. The zero-order valence-corrected chi connectivity index (χ0v) is 11.9. The largest absolute Gasteiger partial charge is 0.325 e. The number of hydrogen-bond donors (Lipinski definition) is 2. The third-order valence-electron chi connectivity index (χ3n) is 2.04. The van der Waals surface area contributed by atoms with Gasteiger partial charge in [-0.05, 0) is 60.8 Å². The summed E-state index contributed by atoms with van der Waals surface area (Å²) in [7, 11) is 1.87. The molecule has 0 radical (unpaired) electrons. The van der Waals surface area contributed by atoms with Crippen molar-refractivity contribution < 1.29 is 4.79 Å². The van der Waals surface area contributed by atoms with E-state index in [0.29, 0.717) is 17.1 Å². The first kappa shape index (κ1) is 13.7. The summed E-state index contributed by atoms with van der Waals surface area (Å²) in [6, 6.07) is 5.56. The van der Waals surface area contributed by atoms with Gasteiger partial charge >= 0.3 is 0 Å². The third kappa shape index (κ3) is 4.67. The highest BCUT2D eigenvalue weighted by Crippen LogP contribution is 2.23. The van der Waals surface area contributed by atoms with Crippen molar-refractivity contribution in [3.05, 3.63) is 26.8 Å². The normalized spacial score (nSPS) is 10.2. The van der Waals surface area contributed by atoms with E-state index in [1.165, 1.54) is 0 Å². The van der Waals surface area contributed by atoms with Gasteiger partial charge in [-0.15, -0.1) is 0 Å². The molecule has 1 aromatic carbocycles. The number of carbonyl (C=O) groups is 1. The minimum atomic E-state index is -0.00152. The van der Waals surface area contributed by atoms with E-state index in [9.17, 15) is 4.79 Å². The molecular weight excluding hydrogens is 338 g/mol. The van der Waals surface area contributed by atoms with Gasteiger partial charge in [0, 0.05) is 9.99 Å². The van der Waals surface area contributed by atoms with Crippen LogP contribution in [0.15, 0.2) is 18.2 Å². The van der Waals surface area contributed by atoms with Crippen molar-refractivity contribution in [2.24, 2.45) is 0 Å². The van der Waals surface area contributed by atoms with Crippen molar-refractivity contribution in [1.82, 2.24) is 5.32 Å². The number of benzene rings is 1. The van der Waals surface area contributed by atoms with Gasteiger partial charge in [0.05, 0.1) is 10.7 Å². The fourth-order valence-corrected chi connectivity index (χ4v) is 2.13. The predicted molar refractivity (Wildman–Crippen MR) is 76.0 cm³/mol. The molecule has 0 bridgehead atoms. The molecule has 0 aliphatic rings. The average Bonchev–Trinajstić information content (AvgIpc) is 2.23. The molecule has 1 aromatic rings. The summed E-state index contributed by atoms with van der Waals surface area (Å²) < 4.78 is 1.05. The van der Waals surface area contributed by atoms with E-state index in [1.807, 2.05) is 25.2 Å². The van der Waals surface area contributed by atoms with E-state index < -0.39 is 0 Å². The lowest BCUT2D eigenvalue weighted by atomic mass is 10.2. The molecule has 3 nitrogen and oxygen atoms in total. The zero-order chi connectivity index (χ0) is 12.0. The van der Waals surface area contributed by atoms with E-state index in [0.717, 1.165) is 16.5 Å². The van der Waals surface area contributed by atoms with Gasteiger partial charge in [-0.1, -0.05) is 11.6 Å². The summed E-state index contributed by atoms with van der Waals surface area (Å²) in [6.45, 7) is 0.841. The maximum absolute atomic E-state index is 11.5. The molecule has 16 heavy (non-hydrogen) atoms. The predicted octanol–water partition coefficient (Wildman–Crippen LogP) is 2.88. The Balaban J connectivity index is 2.49. The summed E-state index contributed by atoms with van der Waals surface area (Å²) in [5.41, 5.74) is 0.677. The van der Waals surface area contributed by atoms with Gasteiger partial charge in [0.1, 0.15) is 0 Å². The van der Waals surface area contributed by atoms with Gasteiger partial charge in [-0.25, -0.2) is 0 Å². The fourth-order valence-electron chi connectivity index (χ4n) is 1.23. The first-order valence-corrected chi connectivity index (χ1v) is 6.48. The van der Waals surface area contributed by atoms with Crippen LogP contribution in [0.4, 0.5) is 5.69 Å². The summed E-state index contributed by atoms with van der Waals surface area (Å²) in [5, 5.41) is 6.37. The minimum absolute atomic E-state index is 0.00152. The SMILES string of the molecule is CNCCCC(=O)Nc1ccc(I)cc1Cl. The molecule has 0 saturated heterocycles. The Hall–Kier alpha value is -0.330. The van der Waals surface area contributed by atoms with Gasteiger partial charge in [-0.2, -0.15) is 0 Å². The van der Waals surface area contributed by atoms with E-state index in [1.54, 1.807) is 0 Å². The monoisotopic (exact) mass is 352 g/mol. The molecule has 0 heterocycles. The second-order valence-corrected chi connectivity index (χ2v) is 5.03. The van der Waals surface area contributed by atoms with Crippen molar-refractivity contribution in [2.45, 2.75) is 12.8 Å². The molecule has 1 amide bonds. The van der Waals surface area contributed by atoms with Crippen molar-refractivity contribution in [1.29, 1.82) is 0 Å². The topological polar surface area (TPSA) is 41.1 Å². The lowest BCUT2D eigenvalue weighted by Crippen LogP contribution is -2.15. The number of halogens is 2. The van der Waals surface area contributed by atoms with Crippen LogP contribution in [0.5, 0.6) is 0 Å². The smallest absolute Gasteiger partial charge is 0.224 e. The Bertz CT molecular complexity index is 371. The Morgan fingerprint density at radius 1 is 1.50 bits per heavy atom. The average molecular weight is 353 g/mol. The number of anilines is 1. The summed E-state index contributed by atoms with van der Waals surface area (Å²) in [4.78, 5) is 11.5. The van der Waals surface area contributed by atoms with Crippen LogP contribution >= 0.6 is 34.2 Å². The maximum Gasteiger partial charge on any atom is 0.224 e. The Morgan fingerprint density at radius 3 is 2.88 bits per heavy atom. The number of nitrogens with one attached hydrogen (secondary N) is 2. The quantitative estimate of drug-likeness (QED) is 0.632. The van der Waals surface area contributed by atoms with Crippen molar-refractivity contribution in [3.8, 4) is 0 Å². The highest BCUT2D eigenvalue weighted by atomic mass is 127. The van der Waals surface area contributed by atoms with Crippen LogP contribution in [0.25, 0.3) is 0 Å². The summed E-state index contributed by atoms with van der Waals surface area (Å²) in [5.74, 6) is -0.00152. The van der Waals surface area contributed by atoms with Crippen LogP contribution in [0.1, 0.15) is 12.8 Å². The molecule has 0 saturated carbocycles. The molecule has 88 valence electrons. The molecule has 0 unspecified atom stereocenters. The molecule has 2 N–H and O–H groups in total. The maximum atomic E-state index is 11.5. The van der Waals surface area contributed by atoms with Gasteiger partial charge in [0.2, 0.25) is 5.91 Å². The second-order valence-electron chi connectivity index (χ2n) is 3.38. The van der Waals surface area contributed by atoms with Crippen molar-refractivity contribution in [3.63, 3.8) is 0 Å². The molecule has 0 atom stereocenters. The van der Waals surface area contributed by atoms with Gasteiger partial charge < -0.3 is 10.6 Å². The standard InChI is InChI=1S/C11H14ClIN2O/c1-14-6-2-3-11(16)15-10-5-4-8(13)7-9(10)12/h4-5,7,14H,2-3,6H2,1H3,(H,15,16). The molecule has 1 rings (SSSR count). The van der Waals surface area contributed by atoms with Gasteiger partial charge in [0.15, 0.2) is 0 Å². The van der Waals surface area contributed by atoms with Crippen molar-refractivity contribution in [2.75, 3.05) is 18.9 Å². The first-order valence-electron chi connectivity index (χ1n) is 5.03. The molecule has 0 spiro atoms. The zero-order valence-electron chi connectivity index (χ0n) is 9.02. The van der Waals surface area contributed by atoms with Crippen LogP contribution in [0, 0.1) is 3.57 Å².